The van der Waals surface area contributed by atoms with E-state index in [1.807, 2.05) is 0 Å². The molecule has 11 heavy (non-hydrogen) atoms. The number of fused-ring (bicyclic) bond motifs is 5. The smallest absolute Gasteiger partial charge is 0.0180 e. The zero-order valence-electron chi connectivity index (χ0n) is 6.54. The van der Waals surface area contributed by atoms with E-state index in [1.54, 1.807) is 0 Å². The van der Waals surface area contributed by atoms with Crippen LogP contribution >= 0.6 is 15.9 Å². The Bertz CT molecular complexity index is 209. The van der Waals surface area contributed by atoms with Gasteiger partial charge in [-0.1, -0.05) is 28.1 Å². The van der Waals surface area contributed by atoms with E-state index in [-0.39, 0.29) is 0 Å². The van der Waals surface area contributed by atoms with Gasteiger partial charge in [0.2, 0.25) is 0 Å². The number of allylic oxidation sites excluding steroid dienone is 2. The monoisotopic (exact) mass is 212 g/mol. The molecule has 0 aromatic carbocycles. The van der Waals surface area contributed by atoms with Crippen LogP contribution in [0.5, 0.6) is 0 Å². The van der Waals surface area contributed by atoms with Gasteiger partial charge >= 0.3 is 0 Å². The molecule has 60 valence electrons. The molecule has 3 rings (SSSR count). The SMILES string of the molecule is Br[C@H]1C[C@H]2C[C@@H]1[C@@H]1CC=C[C@H]21. The Morgan fingerprint density at radius 3 is 3.00 bits per heavy atom. The van der Waals surface area contributed by atoms with Gasteiger partial charge in [-0.2, -0.15) is 0 Å². The zero-order valence-corrected chi connectivity index (χ0v) is 8.13. The molecule has 0 heterocycles. The lowest BCUT2D eigenvalue weighted by Crippen LogP contribution is -2.24. The van der Waals surface area contributed by atoms with Crippen molar-refractivity contribution >= 4 is 15.9 Å². The molecular formula is C10H13Br. The second kappa shape index (κ2) is 2.12. The molecule has 2 bridgehead atoms. The van der Waals surface area contributed by atoms with Gasteiger partial charge in [-0.15, -0.1) is 0 Å². The molecule has 2 fully saturated rings. The van der Waals surface area contributed by atoms with Crippen molar-refractivity contribution in [3.05, 3.63) is 12.2 Å². The largest absolute Gasteiger partial charge is 0.0887 e. The van der Waals surface area contributed by atoms with Crippen LogP contribution in [0.3, 0.4) is 0 Å². The highest BCUT2D eigenvalue weighted by molar-refractivity contribution is 9.09. The molecule has 0 amide bonds. The highest BCUT2D eigenvalue weighted by atomic mass is 79.9. The molecule has 0 saturated heterocycles. The molecule has 0 nitrogen and oxygen atoms in total. The van der Waals surface area contributed by atoms with E-state index in [0.29, 0.717) is 0 Å². The molecule has 0 aliphatic heterocycles. The van der Waals surface area contributed by atoms with Gasteiger partial charge in [0.15, 0.2) is 0 Å². The van der Waals surface area contributed by atoms with Gasteiger partial charge < -0.3 is 0 Å². The van der Waals surface area contributed by atoms with Gasteiger partial charge in [0, 0.05) is 4.83 Å². The van der Waals surface area contributed by atoms with E-state index < -0.39 is 0 Å². The van der Waals surface area contributed by atoms with Crippen molar-refractivity contribution < 1.29 is 0 Å². The van der Waals surface area contributed by atoms with Crippen molar-refractivity contribution in [2.24, 2.45) is 23.7 Å². The summed E-state index contributed by atoms with van der Waals surface area (Å²) in [7, 11) is 0. The van der Waals surface area contributed by atoms with Gasteiger partial charge in [0.1, 0.15) is 0 Å². The number of hydrogen-bond acceptors (Lipinski definition) is 0. The van der Waals surface area contributed by atoms with E-state index in [9.17, 15) is 0 Å². The summed E-state index contributed by atoms with van der Waals surface area (Å²) >= 11 is 3.80. The van der Waals surface area contributed by atoms with Crippen LogP contribution in [0.2, 0.25) is 0 Å². The zero-order chi connectivity index (χ0) is 7.42. The highest BCUT2D eigenvalue weighted by Crippen LogP contribution is 2.58. The first-order chi connectivity index (χ1) is 5.36. The molecule has 0 N–H and O–H groups in total. The van der Waals surface area contributed by atoms with Crippen LogP contribution in [0.1, 0.15) is 19.3 Å². The Hall–Kier alpha value is 0.220. The van der Waals surface area contributed by atoms with E-state index in [2.05, 4.69) is 28.1 Å². The fraction of sp³-hybridized carbons (Fsp3) is 0.800. The summed E-state index contributed by atoms with van der Waals surface area (Å²) in [5.74, 6) is 4.06. The van der Waals surface area contributed by atoms with Crippen LogP contribution in [0, 0.1) is 23.7 Å². The molecular weight excluding hydrogens is 200 g/mol. The third-order valence-electron chi connectivity index (χ3n) is 3.92. The van der Waals surface area contributed by atoms with Crippen LogP contribution in [-0.4, -0.2) is 4.83 Å². The van der Waals surface area contributed by atoms with E-state index in [4.69, 9.17) is 0 Å². The second-order valence-electron chi connectivity index (χ2n) is 4.32. The minimum atomic E-state index is 0.855. The minimum absolute atomic E-state index is 0.855. The molecule has 3 aliphatic carbocycles. The van der Waals surface area contributed by atoms with Crippen molar-refractivity contribution in [2.45, 2.75) is 24.1 Å². The summed E-state index contributed by atoms with van der Waals surface area (Å²) in [5.41, 5.74) is 0. The molecule has 0 aromatic rings. The third-order valence-corrected chi connectivity index (χ3v) is 4.98. The van der Waals surface area contributed by atoms with Crippen LogP contribution in [0.4, 0.5) is 0 Å². The van der Waals surface area contributed by atoms with Gasteiger partial charge in [0.25, 0.3) is 0 Å². The van der Waals surface area contributed by atoms with Crippen molar-refractivity contribution in [1.29, 1.82) is 0 Å². The highest BCUT2D eigenvalue weighted by Gasteiger charge is 2.51. The maximum atomic E-state index is 3.80. The summed E-state index contributed by atoms with van der Waals surface area (Å²) in [5, 5.41) is 0. The molecule has 1 heteroatoms. The molecule has 0 spiro atoms. The topological polar surface area (TPSA) is 0 Å². The average Bonchev–Trinajstić information content (AvgIpc) is 2.52. The number of alkyl halides is 1. The van der Waals surface area contributed by atoms with Gasteiger partial charge in [-0.25, -0.2) is 0 Å². The number of hydrogen-bond donors (Lipinski definition) is 0. The fourth-order valence-corrected chi connectivity index (χ4v) is 4.56. The maximum absolute atomic E-state index is 3.80. The van der Waals surface area contributed by atoms with Crippen LogP contribution in [0.25, 0.3) is 0 Å². The Balaban J connectivity index is 1.94. The molecule has 2 saturated carbocycles. The third kappa shape index (κ3) is 0.756. The van der Waals surface area contributed by atoms with E-state index in [1.165, 1.54) is 19.3 Å². The minimum Gasteiger partial charge on any atom is -0.0887 e. The van der Waals surface area contributed by atoms with Crippen molar-refractivity contribution in [3.8, 4) is 0 Å². The van der Waals surface area contributed by atoms with Crippen LogP contribution in [0.15, 0.2) is 12.2 Å². The first-order valence-electron chi connectivity index (χ1n) is 4.67. The van der Waals surface area contributed by atoms with Crippen molar-refractivity contribution in [2.75, 3.05) is 0 Å². The number of halogens is 1. The molecule has 0 radical (unpaired) electrons. The summed E-state index contributed by atoms with van der Waals surface area (Å²) in [6, 6.07) is 0. The lowest BCUT2D eigenvalue weighted by molar-refractivity contribution is 0.295. The number of rotatable bonds is 0. The molecule has 0 unspecified atom stereocenters. The predicted octanol–water partition coefficient (Wildman–Crippen LogP) is 2.98. The fourth-order valence-electron chi connectivity index (χ4n) is 3.47. The second-order valence-corrected chi connectivity index (χ2v) is 5.49. The molecule has 3 aliphatic rings. The first-order valence-corrected chi connectivity index (χ1v) is 5.58. The normalized spacial score (nSPS) is 58.8. The quantitative estimate of drug-likeness (QED) is 0.428. The average molecular weight is 213 g/mol. The lowest BCUT2D eigenvalue weighted by Gasteiger charge is -2.27. The Morgan fingerprint density at radius 1 is 1.18 bits per heavy atom. The summed E-state index contributed by atoms with van der Waals surface area (Å²) in [6.45, 7) is 0. The predicted molar refractivity (Wildman–Crippen MR) is 49.7 cm³/mol. The van der Waals surface area contributed by atoms with E-state index >= 15 is 0 Å². The summed E-state index contributed by atoms with van der Waals surface area (Å²) in [4.78, 5) is 0.855. The lowest BCUT2D eigenvalue weighted by atomic mass is 9.81. The standard InChI is InChI=1S/C10H13Br/c11-10-5-6-4-9(10)8-3-1-2-7(6)8/h1-2,6-10H,3-5H2/t6-,7-,8-,9-,10+/m1/s1. The summed E-state index contributed by atoms with van der Waals surface area (Å²) < 4.78 is 0. The summed E-state index contributed by atoms with van der Waals surface area (Å²) in [6.07, 6.45) is 9.20. The molecule has 5 atom stereocenters. The van der Waals surface area contributed by atoms with Crippen LogP contribution in [-0.2, 0) is 0 Å². The Kier molecular flexibility index (Phi) is 1.30. The first kappa shape index (κ1) is 6.71. The van der Waals surface area contributed by atoms with Crippen LogP contribution < -0.4 is 0 Å². The Labute approximate surface area is 76.2 Å². The Morgan fingerprint density at radius 2 is 2.09 bits per heavy atom. The van der Waals surface area contributed by atoms with Gasteiger partial charge in [-0.05, 0) is 42.9 Å². The van der Waals surface area contributed by atoms with Crippen molar-refractivity contribution in [1.82, 2.24) is 0 Å². The molecule has 0 aromatic heterocycles. The van der Waals surface area contributed by atoms with Crippen molar-refractivity contribution in [3.63, 3.8) is 0 Å². The van der Waals surface area contributed by atoms with Gasteiger partial charge in [0.05, 0.1) is 0 Å². The van der Waals surface area contributed by atoms with Gasteiger partial charge in [-0.3, -0.25) is 0 Å². The van der Waals surface area contributed by atoms with E-state index in [0.717, 1.165) is 28.5 Å². The maximum Gasteiger partial charge on any atom is 0.0180 e.